The van der Waals surface area contributed by atoms with Gasteiger partial charge in [0.15, 0.2) is 0 Å². The van der Waals surface area contributed by atoms with Crippen molar-refractivity contribution in [3.05, 3.63) is 64.5 Å². The summed E-state index contributed by atoms with van der Waals surface area (Å²) in [7, 11) is 1.62. The second kappa shape index (κ2) is 5.58. The summed E-state index contributed by atoms with van der Waals surface area (Å²) in [4.78, 5) is 12.5. The minimum Gasteiger partial charge on any atom is -0.497 e. The van der Waals surface area contributed by atoms with Crippen molar-refractivity contribution >= 4 is 11.0 Å². The number of fused-ring (bicyclic) bond motifs is 1. The van der Waals surface area contributed by atoms with Crippen molar-refractivity contribution in [2.75, 3.05) is 7.11 Å². The third-order valence-electron chi connectivity index (χ3n) is 3.97. The molecule has 0 aliphatic carbocycles. The maximum atomic E-state index is 12.5. The highest BCUT2D eigenvalue weighted by Crippen LogP contribution is 2.31. The Labute approximate surface area is 135 Å². The average molecular weight is 308 g/mol. The summed E-state index contributed by atoms with van der Waals surface area (Å²) < 4.78 is 10.8. The van der Waals surface area contributed by atoms with E-state index in [0.717, 1.165) is 22.3 Å². The molecule has 3 rings (SSSR count). The zero-order chi connectivity index (χ0) is 16.6. The highest BCUT2D eigenvalue weighted by molar-refractivity contribution is 5.84. The van der Waals surface area contributed by atoms with Crippen LogP contribution in [0.5, 0.6) is 5.75 Å². The molecule has 0 atom stereocenters. The van der Waals surface area contributed by atoms with Crippen LogP contribution in [0, 0.1) is 0 Å². The molecule has 118 valence electrons. The fourth-order valence-corrected chi connectivity index (χ4v) is 2.71. The van der Waals surface area contributed by atoms with Gasteiger partial charge < -0.3 is 9.15 Å². The molecule has 0 N–H and O–H groups in total. The first-order valence-corrected chi connectivity index (χ1v) is 7.62. The number of hydrogen-bond acceptors (Lipinski definition) is 3. The summed E-state index contributed by atoms with van der Waals surface area (Å²) in [6, 6.07) is 15.3. The second-order valence-electron chi connectivity index (χ2n) is 6.65. The van der Waals surface area contributed by atoms with Crippen molar-refractivity contribution in [1.82, 2.24) is 0 Å². The smallest absolute Gasteiger partial charge is 0.344 e. The SMILES string of the molecule is COc1ccc(-c2cc3cccc(C(C)(C)C)c3oc2=O)cc1. The summed E-state index contributed by atoms with van der Waals surface area (Å²) in [6.07, 6.45) is 0. The van der Waals surface area contributed by atoms with Crippen LogP contribution < -0.4 is 10.4 Å². The molecular weight excluding hydrogens is 288 g/mol. The molecule has 0 radical (unpaired) electrons. The van der Waals surface area contributed by atoms with Gasteiger partial charge in [0, 0.05) is 10.9 Å². The van der Waals surface area contributed by atoms with Gasteiger partial charge in [-0.3, -0.25) is 0 Å². The standard InChI is InChI=1S/C20H20O3/c1-20(2,3)17-7-5-6-14-12-16(19(21)23-18(14)17)13-8-10-15(22-4)11-9-13/h5-12H,1-4H3. The molecule has 0 aliphatic rings. The Kier molecular flexibility index (Phi) is 3.72. The topological polar surface area (TPSA) is 39.4 Å². The van der Waals surface area contributed by atoms with Crippen molar-refractivity contribution in [1.29, 1.82) is 0 Å². The number of methoxy groups -OCH3 is 1. The lowest BCUT2D eigenvalue weighted by molar-refractivity contribution is 0.415. The molecule has 1 heterocycles. The van der Waals surface area contributed by atoms with Gasteiger partial charge in [-0.15, -0.1) is 0 Å². The van der Waals surface area contributed by atoms with Crippen LogP contribution in [-0.4, -0.2) is 7.11 Å². The van der Waals surface area contributed by atoms with E-state index >= 15 is 0 Å². The van der Waals surface area contributed by atoms with E-state index in [0.29, 0.717) is 11.1 Å². The third-order valence-corrected chi connectivity index (χ3v) is 3.97. The van der Waals surface area contributed by atoms with Crippen molar-refractivity contribution in [2.24, 2.45) is 0 Å². The van der Waals surface area contributed by atoms with Crippen molar-refractivity contribution in [3.63, 3.8) is 0 Å². The number of benzene rings is 2. The third kappa shape index (κ3) is 2.87. The van der Waals surface area contributed by atoms with Gasteiger partial charge in [0.25, 0.3) is 0 Å². The fourth-order valence-electron chi connectivity index (χ4n) is 2.71. The molecule has 2 aromatic carbocycles. The van der Waals surface area contributed by atoms with Gasteiger partial charge in [0.2, 0.25) is 0 Å². The van der Waals surface area contributed by atoms with Gasteiger partial charge in [-0.2, -0.15) is 0 Å². The van der Waals surface area contributed by atoms with Gasteiger partial charge in [-0.1, -0.05) is 51.1 Å². The first-order chi connectivity index (χ1) is 10.9. The van der Waals surface area contributed by atoms with E-state index in [1.807, 2.05) is 48.5 Å². The van der Waals surface area contributed by atoms with Crippen LogP contribution >= 0.6 is 0 Å². The van der Waals surface area contributed by atoms with Crippen molar-refractivity contribution in [2.45, 2.75) is 26.2 Å². The first kappa shape index (κ1) is 15.3. The van der Waals surface area contributed by atoms with E-state index in [9.17, 15) is 4.79 Å². The van der Waals surface area contributed by atoms with Crippen LogP contribution in [0.2, 0.25) is 0 Å². The van der Waals surface area contributed by atoms with Gasteiger partial charge >= 0.3 is 5.63 Å². The van der Waals surface area contributed by atoms with Crippen molar-refractivity contribution in [3.8, 4) is 16.9 Å². The van der Waals surface area contributed by atoms with Gasteiger partial charge in [-0.05, 0) is 29.2 Å². The molecular formula is C20H20O3. The Morgan fingerprint density at radius 3 is 2.30 bits per heavy atom. The Bertz CT molecular complexity index is 897. The maximum absolute atomic E-state index is 12.5. The largest absolute Gasteiger partial charge is 0.497 e. The zero-order valence-electron chi connectivity index (χ0n) is 13.8. The minimum absolute atomic E-state index is 0.0862. The average Bonchev–Trinajstić information content (AvgIpc) is 2.53. The molecule has 23 heavy (non-hydrogen) atoms. The molecule has 0 saturated heterocycles. The lowest BCUT2D eigenvalue weighted by atomic mass is 9.86. The predicted molar refractivity (Wildman–Crippen MR) is 93.2 cm³/mol. The van der Waals surface area contributed by atoms with Crippen LogP contribution in [0.4, 0.5) is 0 Å². The lowest BCUT2D eigenvalue weighted by Gasteiger charge is -2.20. The molecule has 0 unspecified atom stereocenters. The summed E-state index contributed by atoms with van der Waals surface area (Å²) in [6.45, 7) is 6.33. The molecule has 0 bridgehead atoms. The molecule has 1 aromatic heterocycles. The van der Waals surface area contributed by atoms with Crippen LogP contribution in [0.3, 0.4) is 0 Å². The number of para-hydroxylation sites is 1. The van der Waals surface area contributed by atoms with Crippen LogP contribution in [0.15, 0.2) is 57.7 Å². The summed E-state index contributed by atoms with van der Waals surface area (Å²) in [5.41, 5.74) is 2.68. The van der Waals surface area contributed by atoms with E-state index < -0.39 is 0 Å². The summed E-state index contributed by atoms with van der Waals surface area (Å²) in [5.74, 6) is 0.758. The number of hydrogen-bond donors (Lipinski definition) is 0. The van der Waals surface area contributed by atoms with Crippen LogP contribution in [0.1, 0.15) is 26.3 Å². The van der Waals surface area contributed by atoms with Crippen molar-refractivity contribution < 1.29 is 9.15 Å². The highest BCUT2D eigenvalue weighted by atomic mass is 16.5. The Hall–Kier alpha value is -2.55. The summed E-state index contributed by atoms with van der Waals surface area (Å²) >= 11 is 0. The monoisotopic (exact) mass is 308 g/mol. The Morgan fingerprint density at radius 2 is 1.70 bits per heavy atom. The van der Waals surface area contributed by atoms with E-state index in [1.165, 1.54) is 0 Å². The lowest BCUT2D eigenvalue weighted by Crippen LogP contribution is -2.13. The maximum Gasteiger partial charge on any atom is 0.344 e. The normalized spacial score (nSPS) is 11.7. The van der Waals surface area contributed by atoms with Gasteiger partial charge in [0.1, 0.15) is 11.3 Å². The van der Waals surface area contributed by atoms with E-state index in [4.69, 9.17) is 9.15 Å². The van der Waals surface area contributed by atoms with E-state index in [1.54, 1.807) is 7.11 Å². The van der Waals surface area contributed by atoms with Gasteiger partial charge in [0.05, 0.1) is 12.7 Å². The first-order valence-electron chi connectivity index (χ1n) is 7.62. The highest BCUT2D eigenvalue weighted by Gasteiger charge is 2.19. The van der Waals surface area contributed by atoms with E-state index in [-0.39, 0.29) is 11.0 Å². The fraction of sp³-hybridized carbons (Fsp3) is 0.250. The van der Waals surface area contributed by atoms with Crippen LogP contribution in [0.25, 0.3) is 22.1 Å². The molecule has 0 aliphatic heterocycles. The molecule has 0 spiro atoms. The number of rotatable bonds is 2. The van der Waals surface area contributed by atoms with E-state index in [2.05, 4.69) is 20.8 Å². The second-order valence-corrected chi connectivity index (χ2v) is 6.65. The molecule has 0 fully saturated rings. The predicted octanol–water partition coefficient (Wildman–Crippen LogP) is 4.77. The van der Waals surface area contributed by atoms with Gasteiger partial charge in [-0.25, -0.2) is 4.79 Å². The molecule has 3 heteroatoms. The quantitative estimate of drug-likeness (QED) is 0.640. The molecule has 3 aromatic rings. The Balaban J connectivity index is 2.21. The summed E-state index contributed by atoms with van der Waals surface area (Å²) in [5, 5.41) is 0.933. The molecule has 0 amide bonds. The van der Waals surface area contributed by atoms with Crippen LogP contribution in [-0.2, 0) is 5.41 Å². The molecule has 0 saturated carbocycles. The minimum atomic E-state index is -0.320. The Morgan fingerprint density at radius 1 is 1.00 bits per heavy atom. The number of ether oxygens (including phenoxy) is 1. The molecule has 3 nitrogen and oxygen atoms in total. The zero-order valence-corrected chi connectivity index (χ0v) is 13.8.